The molecule has 35 heavy (non-hydrogen) atoms. The normalized spacial score (nSPS) is 28.9. The Morgan fingerprint density at radius 2 is 1.91 bits per heavy atom. The highest BCUT2D eigenvalue weighted by molar-refractivity contribution is 5.79. The van der Waals surface area contributed by atoms with Crippen LogP contribution in [0.15, 0.2) is 24.0 Å². The Labute approximate surface area is 206 Å². The second-order valence-electron chi connectivity index (χ2n) is 11.2. The minimum Gasteiger partial charge on any atom is -0.497 e. The molecule has 3 aliphatic heterocycles. The van der Waals surface area contributed by atoms with E-state index in [9.17, 15) is 15.0 Å². The summed E-state index contributed by atoms with van der Waals surface area (Å²) in [6, 6.07) is 4.10. The quantitative estimate of drug-likeness (QED) is 0.567. The first-order valence-corrected chi connectivity index (χ1v) is 12.6. The third-order valence-corrected chi connectivity index (χ3v) is 8.09. The number of hydrogen-bond donors (Lipinski definition) is 2. The fourth-order valence-corrected chi connectivity index (χ4v) is 6.30. The lowest BCUT2D eigenvalue weighted by molar-refractivity contribution is -0.171. The molecule has 1 fully saturated rings. The van der Waals surface area contributed by atoms with Crippen molar-refractivity contribution in [3.63, 3.8) is 0 Å². The van der Waals surface area contributed by atoms with Crippen LogP contribution in [0.2, 0.25) is 0 Å². The highest BCUT2D eigenvalue weighted by atomic mass is 16.7. The Bertz CT molecular complexity index is 1030. The predicted octanol–water partition coefficient (Wildman–Crippen LogP) is 3.04. The van der Waals surface area contributed by atoms with Crippen molar-refractivity contribution in [2.45, 2.75) is 88.1 Å². The van der Waals surface area contributed by atoms with Gasteiger partial charge in [-0.1, -0.05) is 0 Å². The van der Waals surface area contributed by atoms with Gasteiger partial charge in [0.05, 0.1) is 24.2 Å². The highest BCUT2D eigenvalue weighted by Gasteiger charge is 2.58. The zero-order chi connectivity index (χ0) is 25.0. The van der Waals surface area contributed by atoms with Crippen LogP contribution in [0.4, 0.5) is 0 Å². The fourth-order valence-electron chi connectivity index (χ4n) is 6.30. The summed E-state index contributed by atoms with van der Waals surface area (Å²) in [6.07, 6.45) is 5.52. The SMILES string of the molecule is COC1=C[C@]23CCCN2CCc2cc4c(cc2[C@@H]3C1OC(=O)C(C)(O)CCCC(C)(C)O)OCO4. The van der Waals surface area contributed by atoms with E-state index in [-0.39, 0.29) is 24.7 Å². The van der Waals surface area contributed by atoms with E-state index >= 15 is 0 Å². The molecule has 1 aromatic carbocycles. The number of nitrogens with zero attached hydrogens (tertiary/aromatic N) is 1. The van der Waals surface area contributed by atoms with Crippen molar-refractivity contribution in [2.75, 3.05) is 27.0 Å². The number of hydrogen-bond acceptors (Lipinski definition) is 8. The molecule has 2 unspecified atom stereocenters. The molecule has 0 aromatic heterocycles. The summed E-state index contributed by atoms with van der Waals surface area (Å²) in [6.45, 7) is 6.99. The van der Waals surface area contributed by atoms with Gasteiger partial charge >= 0.3 is 5.97 Å². The summed E-state index contributed by atoms with van der Waals surface area (Å²) in [5.41, 5.74) is -0.593. The van der Waals surface area contributed by atoms with Crippen molar-refractivity contribution in [3.8, 4) is 11.5 Å². The molecule has 8 nitrogen and oxygen atoms in total. The predicted molar refractivity (Wildman–Crippen MR) is 128 cm³/mol. The van der Waals surface area contributed by atoms with Crippen LogP contribution < -0.4 is 9.47 Å². The van der Waals surface area contributed by atoms with Gasteiger partial charge in [0.15, 0.2) is 23.2 Å². The second-order valence-corrected chi connectivity index (χ2v) is 11.2. The minimum atomic E-state index is -1.67. The van der Waals surface area contributed by atoms with Crippen molar-refractivity contribution in [3.05, 3.63) is 35.1 Å². The molecule has 0 bridgehead atoms. The maximum Gasteiger partial charge on any atom is 0.338 e. The summed E-state index contributed by atoms with van der Waals surface area (Å²) in [5.74, 6) is 1.23. The summed E-state index contributed by atoms with van der Waals surface area (Å²) >= 11 is 0. The highest BCUT2D eigenvalue weighted by Crippen LogP contribution is 2.55. The van der Waals surface area contributed by atoms with Gasteiger partial charge in [-0.25, -0.2) is 4.79 Å². The molecule has 1 aliphatic carbocycles. The van der Waals surface area contributed by atoms with Crippen molar-refractivity contribution in [2.24, 2.45) is 0 Å². The number of methoxy groups -OCH3 is 1. The van der Waals surface area contributed by atoms with E-state index in [1.165, 1.54) is 6.92 Å². The summed E-state index contributed by atoms with van der Waals surface area (Å²) in [4.78, 5) is 15.8. The number of carbonyl (C=O) groups excluding carboxylic acids is 1. The van der Waals surface area contributed by atoms with Gasteiger partial charge in [-0.3, -0.25) is 4.90 Å². The van der Waals surface area contributed by atoms with Gasteiger partial charge < -0.3 is 29.2 Å². The van der Waals surface area contributed by atoms with Crippen LogP contribution >= 0.6 is 0 Å². The second kappa shape index (κ2) is 8.68. The molecule has 192 valence electrons. The van der Waals surface area contributed by atoms with Gasteiger partial charge in [0.25, 0.3) is 0 Å². The van der Waals surface area contributed by atoms with Gasteiger partial charge in [0, 0.05) is 6.54 Å². The van der Waals surface area contributed by atoms with E-state index in [0.29, 0.717) is 24.4 Å². The number of rotatable bonds is 7. The van der Waals surface area contributed by atoms with E-state index < -0.39 is 23.3 Å². The molecule has 3 heterocycles. The van der Waals surface area contributed by atoms with Crippen LogP contribution in [0, 0.1) is 0 Å². The first kappa shape index (κ1) is 24.4. The maximum atomic E-state index is 13.3. The van der Waals surface area contributed by atoms with Crippen LogP contribution in [0.5, 0.6) is 11.5 Å². The van der Waals surface area contributed by atoms with Crippen LogP contribution in [0.25, 0.3) is 0 Å². The number of carbonyl (C=O) groups is 1. The molecule has 0 radical (unpaired) electrons. The smallest absolute Gasteiger partial charge is 0.338 e. The maximum absolute atomic E-state index is 13.3. The number of esters is 1. The third kappa shape index (κ3) is 4.30. The van der Waals surface area contributed by atoms with Gasteiger partial charge in [-0.2, -0.15) is 0 Å². The number of ether oxygens (including phenoxy) is 4. The topological polar surface area (TPSA) is 97.7 Å². The van der Waals surface area contributed by atoms with E-state index in [0.717, 1.165) is 49.2 Å². The van der Waals surface area contributed by atoms with E-state index in [1.54, 1.807) is 21.0 Å². The molecule has 4 aliphatic rings. The van der Waals surface area contributed by atoms with E-state index in [2.05, 4.69) is 17.0 Å². The Hall–Kier alpha value is -2.29. The van der Waals surface area contributed by atoms with Gasteiger partial charge in [-0.15, -0.1) is 0 Å². The summed E-state index contributed by atoms with van der Waals surface area (Å²) in [7, 11) is 1.61. The summed E-state index contributed by atoms with van der Waals surface area (Å²) < 4.78 is 23.3. The van der Waals surface area contributed by atoms with Crippen LogP contribution in [-0.4, -0.2) is 70.9 Å². The molecule has 2 N–H and O–H groups in total. The molecule has 4 atom stereocenters. The van der Waals surface area contributed by atoms with Gasteiger partial charge in [0.2, 0.25) is 6.79 Å². The Kier molecular flexibility index (Phi) is 6.05. The average molecular weight is 488 g/mol. The van der Waals surface area contributed by atoms with Crippen molar-refractivity contribution < 1.29 is 34.0 Å². The standard InChI is InChI=1S/C27H37NO7/c1-25(2,30)8-5-9-26(3,31)24(29)35-23-21(32-4)15-27-10-6-11-28(27)12-7-17-13-19-20(34-16-33-19)14-18(17)22(23)27/h13-15,22-23,30-31H,5-12,16H2,1-4H3/t22-,23?,26?,27+/m1/s1. The minimum absolute atomic E-state index is 0.178. The van der Waals surface area contributed by atoms with Crippen molar-refractivity contribution >= 4 is 5.97 Å². The largest absolute Gasteiger partial charge is 0.497 e. The molecule has 8 heteroatoms. The number of aliphatic hydroxyl groups is 2. The molecular weight excluding hydrogens is 450 g/mol. The van der Waals surface area contributed by atoms with Crippen LogP contribution in [-0.2, 0) is 20.7 Å². The van der Waals surface area contributed by atoms with Gasteiger partial charge in [0.1, 0.15) is 5.76 Å². The number of fused-ring (bicyclic) bond motifs is 3. The molecule has 1 aromatic rings. The Morgan fingerprint density at radius 1 is 1.17 bits per heavy atom. The zero-order valence-corrected chi connectivity index (χ0v) is 21.1. The monoisotopic (exact) mass is 487 g/mol. The van der Waals surface area contributed by atoms with E-state index in [4.69, 9.17) is 18.9 Å². The van der Waals surface area contributed by atoms with Crippen LogP contribution in [0.1, 0.15) is 69.9 Å². The number of benzene rings is 1. The molecule has 1 saturated heterocycles. The summed E-state index contributed by atoms with van der Waals surface area (Å²) in [5, 5.41) is 21.0. The third-order valence-electron chi connectivity index (χ3n) is 8.09. The zero-order valence-electron chi connectivity index (χ0n) is 21.1. The lowest BCUT2D eigenvalue weighted by Crippen LogP contribution is -2.48. The lowest BCUT2D eigenvalue weighted by atomic mass is 9.77. The lowest BCUT2D eigenvalue weighted by Gasteiger charge is -2.39. The van der Waals surface area contributed by atoms with Crippen molar-refractivity contribution in [1.82, 2.24) is 4.90 Å². The van der Waals surface area contributed by atoms with Gasteiger partial charge in [-0.05, 0) is 95.2 Å². The van der Waals surface area contributed by atoms with E-state index in [1.807, 2.05) is 6.07 Å². The molecule has 0 saturated carbocycles. The Morgan fingerprint density at radius 3 is 2.63 bits per heavy atom. The van der Waals surface area contributed by atoms with Crippen molar-refractivity contribution in [1.29, 1.82) is 0 Å². The molecule has 1 spiro atoms. The first-order chi connectivity index (χ1) is 16.5. The first-order valence-electron chi connectivity index (χ1n) is 12.6. The average Bonchev–Trinajstić information content (AvgIpc) is 3.46. The molecule has 5 rings (SSSR count). The van der Waals surface area contributed by atoms with Crippen LogP contribution in [0.3, 0.4) is 0 Å². The molecular formula is C27H37NO7. The fraction of sp³-hybridized carbons (Fsp3) is 0.667. The Balaban J connectivity index is 1.47. The molecule has 0 amide bonds.